The molecular formula is C14H11Cl2NO2. The van der Waals surface area contributed by atoms with E-state index >= 15 is 0 Å². The first-order chi connectivity index (χ1) is 9.02. The Bertz CT molecular complexity index is 680. The number of rotatable bonds is 3. The van der Waals surface area contributed by atoms with Gasteiger partial charge in [0.25, 0.3) is 0 Å². The van der Waals surface area contributed by atoms with E-state index < -0.39 is 5.97 Å². The van der Waals surface area contributed by atoms with Crippen LogP contribution in [0.4, 0.5) is 0 Å². The molecule has 0 aliphatic heterocycles. The fourth-order valence-electron chi connectivity index (χ4n) is 2.53. The molecule has 1 aliphatic carbocycles. The third-order valence-corrected chi connectivity index (χ3v) is 4.30. The number of nitrogens with zero attached hydrogens (tertiary/aromatic N) is 1. The topological polar surface area (TPSA) is 50.2 Å². The van der Waals surface area contributed by atoms with Gasteiger partial charge in [-0.25, -0.2) is 4.98 Å². The van der Waals surface area contributed by atoms with Gasteiger partial charge >= 0.3 is 5.97 Å². The van der Waals surface area contributed by atoms with Gasteiger partial charge in [0.05, 0.1) is 17.0 Å². The van der Waals surface area contributed by atoms with Crippen LogP contribution in [-0.4, -0.2) is 16.1 Å². The van der Waals surface area contributed by atoms with Crippen LogP contribution < -0.4 is 0 Å². The van der Waals surface area contributed by atoms with Crippen molar-refractivity contribution in [3.8, 4) is 0 Å². The van der Waals surface area contributed by atoms with E-state index in [1.807, 2.05) is 18.2 Å². The highest BCUT2D eigenvalue weighted by Crippen LogP contribution is 2.54. The number of carboxylic acids is 1. The molecule has 5 heteroatoms. The fraction of sp³-hybridized carbons (Fsp3) is 0.286. The molecule has 19 heavy (non-hydrogen) atoms. The number of halogens is 2. The van der Waals surface area contributed by atoms with Gasteiger partial charge in [-0.05, 0) is 36.6 Å². The van der Waals surface area contributed by atoms with Crippen molar-refractivity contribution in [3.05, 3.63) is 40.0 Å². The lowest BCUT2D eigenvalue weighted by molar-refractivity contribution is -0.137. The highest BCUT2D eigenvalue weighted by atomic mass is 35.5. The predicted molar refractivity (Wildman–Crippen MR) is 74.9 cm³/mol. The standard InChI is InChI=1S/C14H11Cl2NO2/c15-11-4-1-8-10(17-11)3-2-9(13(8)16)14(5-6-14)7-12(18)19/h1-4H,5-7H2,(H,18,19). The Kier molecular flexibility index (Phi) is 2.91. The molecule has 0 spiro atoms. The molecule has 0 bridgehead atoms. The second kappa shape index (κ2) is 4.36. The Hall–Kier alpha value is -1.32. The van der Waals surface area contributed by atoms with Gasteiger partial charge in [-0.1, -0.05) is 29.3 Å². The minimum absolute atomic E-state index is 0.124. The van der Waals surface area contributed by atoms with Crippen LogP contribution in [0.5, 0.6) is 0 Å². The van der Waals surface area contributed by atoms with Gasteiger partial charge in [-0.15, -0.1) is 0 Å². The molecule has 1 aromatic carbocycles. The Labute approximate surface area is 120 Å². The van der Waals surface area contributed by atoms with Crippen molar-refractivity contribution in [2.45, 2.75) is 24.7 Å². The maximum Gasteiger partial charge on any atom is 0.304 e. The maximum absolute atomic E-state index is 11.0. The molecule has 0 atom stereocenters. The largest absolute Gasteiger partial charge is 0.481 e. The lowest BCUT2D eigenvalue weighted by Crippen LogP contribution is -2.13. The van der Waals surface area contributed by atoms with Crippen molar-refractivity contribution in [2.24, 2.45) is 0 Å². The van der Waals surface area contributed by atoms with Crippen LogP contribution in [0, 0.1) is 0 Å². The van der Waals surface area contributed by atoms with Crippen LogP contribution in [0.3, 0.4) is 0 Å². The van der Waals surface area contributed by atoms with E-state index in [-0.39, 0.29) is 11.8 Å². The molecule has 3 rings (SSSR count). The summed E-state index contributed by atoms with van der Waals surface area (Å²) in [6.07, 6.45) is 1.86. The Balaban J connectivity index is 2.13. The lowest BCUT2D eigenvalue weighted by Gasteiger charge is -2.16. The molecular weight excluding hydrogens is 285 g/mol. The summed E-state index contributed by atoms with van der Waals surface area (Å²) < 4.78 is 0. The third kappa shape index (κ3) is 2.17. The summed E-state index contributed by atoms with van der Waals surface area (Å²) in [6.45, 7) is 0. The molecule has 1 fully saturated rings. The number of aromatic nitrogens is 1. The second-order valence-electron chi connectivity index (χ2n) is 4.98. The first-order valence-electron chi connectivity index (χ1n) is 5.99. The highest BCUT2D eigenvalue weighted by Gasteiger charge is 2.47. The van der Waals surface area contributed by atoms with Crippen molar-refractivity contribution in [2.75, 3.05) is 0 Å². The molecule has 1 aromatic heterocycles. The zero-order valence-electron chi connectivity index (χ0n) is 9.99. The molecule has 1 aliphatic rings. The zero-order chi connectivity index (χ0) is 13.6. The van der Waals surface area contributed by atoms with Gasteiger partial charge in [-0.3, -0.25) is 4.79 Å². The molecule has 1 N–H and O–H groups in total. The first kappa shape index (κ1) is 12.7. The van der Waals surface area contributed by atoms with Crippen molar-refractivity contribution < 1.29 is 9.90 Å². The summed E-state index contributed by atoms with van der Waals surface area (Å²) in [5.41, 5.74) is 1.34. The summed E-state index contributed by atoms with van der Waals surface area (Å²) in [5, 5.41) is 10.9. The zero-order valence-corrected chi connectivity index (χ0v) is 11.5. The summed E-state index contributed by atoms with van der Waals surface area (Å²) in [6, 6.07) is 7.25. The molecule has 98 valence electrons. The van der Waals surface area contributed by atoms with Crippen LogP contribution in [0.25, 0.3) is 10.9 Å². The molecule has 0 amide bonds. The van der Waals surface area contributed by atoms with E-state index in [0.717, 1.165) is 29.3 Å². The van der Waals surface area contributed by atoms with Crippen molar-refractivity contribution >= 4 is 40.1 Å². The number of fused-ring (bicyclic) bond motifs is 1. The number of hydrogen-bond donors (Lipinski definition) is 1. The molecule has 2 aromatic rings. The maximum atomic E-state index is 11.0. The van der Waals surface area contributed by atoms with Crippen LogP contribution in [0.1, 0.15) is 24.8 Å². The van der Waals surface area contributed by atoms with E-state index in [1.54, 1.807) is 6.07 Å². The Morgan fingerprint density at radius 2 is 2.00 bits per heavy atom. The Morgan fingerprint density at radius 3 is 2.63 bits per heavy atom. The average Bonchev–Trinajstić information content (AvgIpc) is 3.08. The smallest absolute Gasteiger partial charge is 0.304 e. The number of pyridine rings is 1. The quantitative estimate of drug-likeness (QED) is 0.869. The van der Waals surface area contributed by atoms with Gasteiger partial charge < -0.3 is 5.11 Å². The van der Waals surface area contributed by atoms with E-state index in [4.69, 9.17) is 28.3 Å². The Morgan fingerprint density at radius 1 is 1.26 bits per heavy atom. The van der Waals surface area contributed by atoms with E-state index in [1.165, 1.54) is 0 Å². The number of benzene rings is 1. The predicted octanol–water partition coefficient (Wildman–Crippen LogP) is 4.05. The second-order valence-corrected chi connectivity index (χ2v) is 5.74. The molecule has 1 saturated carbocycles. The van der Waals surface area contributed by atoms with Crippen molar-refractivity contribution in [3.63, 3.8) is 0 Å². The summed E-state index contributed by atoms with van der Waals surface area (Å²) in [5.74, 6) is -0.789. The average molecular weight is 296 g/mol. The van der Waals surface area contributed by atoms with Gasteiger partial charge in [0, 0.05) is 10.8 Å². The lowest BCUT2D eigenvalue weighted by atomic mass is 9.91. The molecule has 0 unspecified atom stereocenters. The van der Waals surface area contributed by atoms with Crippen molar-refractivity contribution in [1.29, 1.82) is 0 Å². The van der Waals surface area contributed by atoms with Crippen LogP contribution >= 0.6 is 23.2 Å². The minimum atomic E-state index is -0.789. The van der Waals surface area contributed by atoms with Gasteiger partial charge in [0.15, 0.2) is 0 Å². The first-order valence-corrected chi connectivity index (χ1v) is 6.74. The SMILES string of the molecule is O=C(O)CC1(c2ccc3nc(Cl)ccc3c2Cl)CC1. The van der Waals surface area contributed by atoms with Gasteiger partial charge in [0.2, 0.25) is 0 Å². The highest BCUT2D eigenvalue weighted by molar-refractivity contribution is 6.36. The molecule has 0 radical (unpaired) electrons. The van der Waals surface area contributed by atoms with E-state index in [0.29, 0.717) is 10.2 Å². The summed E-state index contributed by atoms with van der Waals surface area (Å²) in [7, 11) is 0. The number of carboxylic acid groups (broad SMARTS) is 1. The number of hydrogen-bond acceptors (Lipinski definition) is 2. The minimum Gasteiger partial charge on any atom is -0.481 e. The monoisotopic (exact) mass is 295 g/mol. The summed E-state index contributed by atoms with van der Waals surface area (Å²) >= 11 is 12.3. The summed E-state index contributed by atoms with van der Waals surface area (Å²) in [4.78, 5) is 15.2. The molecule has 1 heterocycles. The molecule has 3 nitrogen and oxygen atoms in total. The van der Waals surface area contributed by atoms with Gasteiger partial charge in [-0.2, -0.15) is 0 Å². The number of carbonyl (C=O) groups is 1. The fourth-order valence-corrected chi connectivity index (χ4v) is 3.11. The van der Waals surface area contributed by atoms with E-state index in [9.17, 15) is 4.79 Å². The van der Waals surface area contributed by atoms with Crippen LogP contribution in [-0.2, 0) is 10.2 Å². The normalized spacial score (nSPS) is 16.5. The van der Waals surface area contributed by atoms with Crippen molar-refractivity contribution in [1.82, 2.24) is 4.98 Å². The van der Waals surface area contributed by atoms with Crippen LogP contribution in [0.15, 0.2) is 24.3 Å². The van der Waals surface area contributed by atoms with Gasteiger partial charge in [0.1, 0.15) is 5.15 Å². The van der Waals surface area contributed by atoms with Crippen LogP contribution in [0.2, 0.25) is 10.2 Å². The number of aliphatic carboxylic acids is 1. The molecule has 0 saturated heterocycles. The third-order valence-electron chi connectivity index (χ3n) is 3.69. The van der Waals surface area contributed by atoms with E-state index in [2.05, 4.69) is 4.98 Å².